The van der Waals surface area contributed by atoms with Gasteiger partial charge >= 0.3 is 0 Å². The number of nitrogens with zero attached hydrogens (tertiary/aromatic N) is 4. The van der Waals surface area contributed by atoms with E-state index in [1.165, 1.54) is 16.6 Å². The Balaban J connectivity index is 1.54. The highest BCUT2D eigenvalue weighted by Crippen LogP contribution is 2.16. The minimum Gasteiger partial charge on any atom is -0.484 e. The molecule has 0 saturated heterocycles. The van der Waals surface area contributed by atoms with E-state index in [9.17, 15) is 4.79 Å². The van der Waals surface area contributed by atoms with Crippen LogP contribution in [0.2, 0.25) is 0 Å². The van der Waals surface area contributed by atoms with Crippen LogP contribution in [0.4, 0.5) is 0 Å². The number of aryl methyl sites for hydroxylation is 1. The van der Waals surface area contributed by atoms with E-state index in [2.05, 4.69) is 39.9 Å². The molecule has 1 aromatic heterocycles. The predicted molar refractivity (Wildman–Crippen MR) is 97.0 cm³/mol. The number of amides is 1. The van der Waals surface area contributed by atoms with Crippen molar-refractivity contribution in [2.75, 3.05) is 6.61 Å². The monoisotopic (exact) mass is 351 g/mol. The zero-order chi connectivity index (χ0) is 18.4. The Morgan fingerprint density at radius 2 is 2.04 bits per heavy atom. The van der Waals surface area contributed by atoms with Gasteiger partial charge in [-0.2, -0.15) is 0 Å². The van der Waals surface area contributed by atoms with E-state index in [4.69, 9.17) is 4.74 Å². The third kappa shape index (κ3) is 4.44. The number of carbonyl (C=O) groups is 1. The fourth-order valence-electron chi connectivity index (χ4n) is 2.55. The van der Waals surface area contributed by atoms with Crippen molar-refractivity contribution in [1.82, 2.24) is 25.5 Å². The molecule has 0 unspecified atom stereocenters. The van der Waals surface area contributed by atoms with Crippen molar-refractivity contribution < 1.29 is 9.53 Å². The second-order valence-corrected chi connectivity index (χ2v) is 5.92. The number of benzene rings is 2. The lowest BCUT2D eigenvalue weighted by Gasteiger charge is -2.15. The summed E-state index contributed by atoms with van der Waals surface area (Å²) in [6.07, 6.45) is 2.50. The Kier molecular flexibility index (Phi) is 5.58. The van der Waals surface area contributed by atoms with Gasteiger partial charge in [-0.1, -0.05) is 37.3 Å². The summed E-state index contributed by atoms with van der Waals surface area (Å²) in [6.45, 7) is 4.01. The molecule has 1 N–H and O–H groups in total. The first-order valence-electron chi connectivity index (χ1n) is 8.50. The summed E-state index contributed by atoms with van der Waals surface area (Å²) in [5.41, 5.74) is 3.10. The maximum atomic E-state index is 12.2. The van der Waals surface area contributed by atoms with Crippen LogP contribution in [0.25, 0.3) is 5.69 Å². The first kappa shape index (κ1) is 17.6. The molecule has 134 valence electrons. The molecule has 0 fully saturated rings. The van der Waals surface area contributed by atoms with E-state index in [0.717, 1.165) is 17.7 Å². The fourth-order valence-corrected chi connectivity index (χ4v) is 2.55. The van der Waals surface area contributed by atoms with Crippen LogP contribution < -0.4 is 10.1 Å². The molecular formula is C19H21N5O2. The highest BCUT2D eigenvalue weighted by Gasteiger charge is 2.10. The summed E-state index contributed by atoms with van der Waals surface area (Å²) in [4.78, 5) is 12.2. The molecule has 0 radical (unpaired) electrons. The maximum absolute atomic E-state index is 12.2. The molecule has 26 heavy (non-hydrogen) atoms. The molecule has 0 aliphatic heterocycles. The standard InChI is InChI=1S/C19H21N5O2/c1-3-15-7-9-16(10-8-15)14(2)21-19(25)12-26-18-6-4-5-17(11-18)24-13-20-22-23-24/h4-11,13-14H,3,12H2,1-2H3,(H,21,25)/t14-/m1/s1. The predicted octanol–water partition coefficient (Wildman–Crippen LogP) is 2.48. The van der Waals surface area contributed by atoms with Crippen molar-refractivity contribution in [3.05, 3.63) is 66.0 Å². The molecule has 7 nitrogen and oxygen atoms in total. The molecule has 2 aromatic carbocycles. The first-order chi connectivity index (χ1) is 12.7. The minimum atomic E-state index is -0.176. The number of hydrogen-bond donors (Lipinski definition) is 1. The molecular weight excluding hydrogens is 330 g/mol. The van der Waals surface area contributed by atoms with Gasteiger partial charge in [0.15, 0.2) is 6.61 Å². The van der Waals surface area contributed by atoms with Crippen LogP contribution in [0.5, 0.6) is 5.75 Å². The Bertz CT molecular complexity index is 847. The fraction of sp³-hybridized carbons (Fsp3) is 0.263. The number of carbonyl (C=O) groups excluding carboxylic acids is 1. The molecule has 0 spiro atoms. The summed E-state index contributed by atoms with van der Waals surface area (Å²) in [5, 5.41) is 14.0. The van der Waals surface area contributed by atoms with Gasteiger partial charge in [-0.3, -0.25) is 4.79 Å². The van der Waals surface area contributed by atoms with E-state index < -0.39 is 0 Å². The van der Waals surface area contributed by atoms with Crippen LogP contribution in [0.1, 0.15) is 31.0 Å². The smallest absolute Gasteiger partial charge is 0.258 e. The molecule has 0 bridgehead atoms. The number of hydrogen-bond acceptors (Lipinski definition) is 5. The van der Waals surface area contributed by atoms with Gasteiger partial charge in [-0.05, 0) is 47.0 Å². The van der Waals surface area contributed by atoms with Gasteiger partial charge in [0.1, 0.15) is 12.1 Å². The number of nitrogens with one attached hydrogen (secondary N) is 1. The lowest BCUT2D eigenvalue weighted by molar-refractivity contribution is -0.123. The van der Waals surface area contributed by atoms with Crippen LogP contribution >= 0.6 is 0 Å². The molecule has 1 atom stereocenters. The molecule has 0 aliphatic carbocycles. The Morgan fingerprint density at radius 1 is 1.23 bits per heavy atom. The van der Waals surface area contributed by atoms with Gasteiger partial charge in [-0.25, -0.2) is 4.68 Å². The molecule has 3 rings (SSSR count). The second-order valence-electron chi connectivity index (χ2n) is 5.92. The zero-order valence-electron chi connectivity index (χ0n) is 14.8. The average molecular weight is 351 g/mol. The van der Waals surface area contributed by atoms with Crippen LogP contribution in [0, 0.1) is 0 Å². The first-order valence-corrected chi connectivity index (χ1v) is 8.50. The summed E-state index contributed by atoms with van der Waals surface area (Å²) in [6, 6.07) is 15.4. The van der Waals surface area contributed by atoms with Gasteiger partial charge in [0.05, 0.1) is 11.7 Å². The van der Waals surface area contributed by atoms with E-state index >= 15 is 0 Å². The summed E-state index contributed by atoms with van der Waals surface area (Å²) >= 11 is 0. The third-order valence-electron chi connectivity index (χ3n) is 4.07. The second kappa shape index (κ2) is 8.24. The van der Waals surface area contributed by atoms with Gasteiger partial charge < -0.3 is 10.1 Å². The normalized spacial score (nSPS) is 11.8. The SMILES string of the molecule is CCc1ccc([C@@H](C)NC(=O)COc2cccc(-n3cnnn3)c2)cc1. The lowest BCUT2D eigenvalue weighted by Crippen LogP contribution is -2.31. The van der Waals surface area contributed by atoms with Crippen molar-refractivity contribution in [3.8, 4) is 11.4 Å². The van der Waals surface area contributed by atoms with Gasteiger partial charge in [0.25, 0.3) is 5.91 Å². The third-order valence-corrected chi connectivity index (χ3v) is 4.07. The van der Waals surface area contributed by atoms with Crippen molar-refractivity contribution in [1.29, 1.82) is 0 Å². The van der Waals surface area contributed by atoms with E-state index in [-0.39, 0.29) is 18.6 Å². The van der Waals surface area contributed by atoms with Gasteiger partial charge in [0.2, 0.25) is 0 Å². The molecule has 1 heterocycles. The Hall–Kier alpha value is -3.22. The minimum absolute atomic E-state index is 0.0591. The zero-order valence-corrected chi connectivity index (χ0v) is 14.8. The summed E-state index contributed by atoms with van der Waals surface area (Å²) in [7, 11) is 0. The summed E-state index contributed by atoms with van der Waals surface area (Å²) in [5.74, 6) is 0.401. The van der Waals surface area contributed by atoms with E-state index in [1.54, 1.807) is 12.1 Å². The molecule has 0 saturated carbocycles. The van der Waals surface area contributed by atoms with Crippen LogP contribution in [-0.2, 0) is 11.2 Å². The van der Waals surface area contributed by atoms with Crippen LogP contribution in [0.15, 0.2) is 54.9 Å². The van der Waals surface area contributed by atoms with Gasteiger partial charge in [-0.15, -0.1) is 5.10 Å². The number of tetrazole rings is 1. The highest BCUT2D eigenvalue weighted by molar-refractivity contribution is 5.78. The summed E-state index contributed by atoms with van der Waals surface area (Å²) < 4.78 is 7.11. The van der Waals surface area contributed by atoms with Crippen molar-refractivity contribution in [3.63, 3.8) is 0 Å². The Morgan fingerprint density at radius 3 is 2.73 bits per heavy atom. The van der Waals surface area contributed by atoms with Crippen molar-refractivity contribution in [2.45, 2.75) is 26.3 Å². The number of aromatic nitrogens is 4. The molecule has 0 aliphatic rings. The van der Waals surface area contributed by atoms with Crippen molar-refractivity contribution in [2.24, 2.45) is 0 Å². The van der Waals surface area contributed by atoms with E-state index in [1.807, 2.05) is 31.2 Å². The lowest BCUT2D eigenvalue weighted by atomic mass is 10.1. The topological polar surface area (TPSA) is 81.9 Å². The van der Waals surface area contributed by atoms with Gasteiger partial charge in [0, 0.05) is 6.07 Å². The van der Waals surface area contributed by atoms with Crippen molar-refractivity contribution >= 4 is 5.91 Å². The number of ether oxygens (including phenoxy) is 1. The quantitative estimate of drug-likeness (QED) is 0.707. The average Bonchev–Trinajstić information content (AvgIpc) is 3.21. The molecule has 3 aromatic rings. The maximum Gasteiger partial charge on any atom is 0.258 e. The van der Waals surface area contributed by atoms with Crippen LogP contribution in [0.3, 0.4) is 0 Å². The largest absolute Gasteiger partial charge is 0.484 e. The number of rotatable bonds is 7. The van der Waals surface area contributed by atoms with E-state index in [0.29, 0.717) is 5.75 Å². The van der Waals surface area contributed by atoms with Crippen LogP contribution in [-0.4, -0.2) is 32.7 Å². The molecule has 7 heteroatoms. The highest BCUT2D eigenvalue weighted by atomic mass is 16.5. The molecule has 1 amide bonds. The Labute approximate surface area is 152 Å².